The molecule has 0 saturated heterocycles. The molecule has 1 aliphatic carbocycles. The van der Waals surface area contributed by atoms with Crippen molar-refractivity contribution < 1.29 is 9.59 Å². The van der Waals surface area contributed by atoms with Gasteiger partial charge in [-0.05, 0) is 49.9 Å². The molecule has 4 aromatic rings. The summed E-state index contributed by atoms with van der Waals surface area (Å²) in [6.07, 6.45) is 5.05. The maximum Gasteiger partial charge on any atom is 0.264 e. The second-order valence-electron chi connectivity index (χ2n) is 9.17. The monoisotopic (exact) mass is 486 g/mol. The molecule has 180 valence electrons. The fraction of sp³-hybridized carbons (Fsp3) is 0.321. The number of fused-ring (bicyclic) bond motifs is 1. The topological polar surface area (TPSA) is 67.2 Å². The van der Waals surface area contributed by atoms with Gasteiger partial charge in [-0.15, -0.1) is 11.3 Å². The molecule has 35 heavy (non-hydrogen) atoms. The van der Waals surface area contributed by atoms with Crippen LogP contribution in [0.1, 0.15) is 46.6 Å². The summed E-state index contributed by atoms with van der Waals surface area (Å²) in [5, 5.41) is 8.79. The molecule has 0 radical (unpaired) electrons. The molecule has 0 aliphatic heterocycles. The Labute approximate surface area is 209 Å². The molecular weight excluding hydrogens is 456 g/mol. The molecule has 1 fully saturated rings. The zero-order valence-corrected chi connectivity index (χ0v) is 20.8. The first-order valence-electron chi connectivity index (χ1n) is 12.3. The molecular formula is C28H30N4O2S. The molecule has 2 heterocycles. The predicted octanol–water partition coefficient (Wildman–Crippen LogP) is 5.14. The number of rotatable bonds is 8. The van der Waals surface area contributed by atoms with Gasteiger partial charge in [0, 0.05) is 18.0 Å². The predicted molar refractivity (Wildman–Crippen MR) is 140 cm³/mol. The van der Waals surface area contributed by atoms with Crippen LogP contribution in [0.15, 0.2) is 66.7 Å². The normalized spacial score (nSPS) is 13.9. The van der Waals surface area contributed by atoms with E-state index >= 15 is 0 Å². The molecule has 2 aromatic carbocycles. The Morgan fingerprint density at radius 1 is 1.06 bits per heavy atom. The molecule has 2 amide bonds. The van der Waals surface area contributed by atoms with E-state index in [1.807, 2.05) is 66.2 Å². The third-order valence-electron chi connectivity index (χ3n) is 6.61. The lowest BCUT2D eigenvalue weighted by atomic mass is 10.1. The minimum absolute atomic E-state index is 0.0696. The molecule has 7 heteroatoms. The van der Waals surface area contributed by atoms with Crippen LogP contribution in [0.5, 0.6) is 0 Å². The van der Waals surface area contributed by atoms with Crippen molar-refractivity contribution in [1.29, 1.82) is 0 Å². The standard InChI is InChI=1S/C28H30N4O2S/c1-20-24-18-25(35-28(24)32(30-20)23-14-6-3-7-15-23)27(34)31(17-16-21-10-4-2-5-11-21)19-26(33)29-22-12-8-9-13-22/h2-7,10-11,14-15,18,22H,8-9,12-13,16-17,19H2,1H3,(H,29,33). The molecule has 2 aromatic heterocycles. The minimum atomic E-state index is -0.109. The van der Waals surface area contributed by atoms with Crippen molar-refractivity contribution in [3.63, 3.8) is 0 Å². The fourth-order valence-corrected chi connectivity index (χ4v) is 5.88. The van der Waals surface area contributed by atoms with Gasteiger partial charge in [-0.2, -0.15) is 5.10 Å². The maximum absolute atomic E-state index is 13.7. The number of hydrogen-bond acceptors (Lipinski definition) is 4. The Morgan fingerprint density at radius 3 is 2.46 bits per heavy atom. The molecule has 0 unspecified atom stereocenters. The molecule has 1 N–H and O–H groups in total. The number of benzene rings is 2. The first-order chi connectivity index (χ1) is 17.1. The average Bonchev–Trinajstić information content (AvgIpc) is 3.61. The minimum Gasteiger partial charge on any atom is -0.352 e. The summed E-state index contributed by atoms with van der Waals surface area (Å²) < 4.78 is 1.90. The molecule has 6 nitrogen and oxygen atoms in total. The molecule has 5 rings (SSSR count). The van der Waals surface area contributed by atoms with Crippen LogP contribution >= 0.6 is 11.3 Å². The van der Waals surface area contributed by atoms with Gasteiger partial charge in [0.05, 0.1) is 22.8 Å². The van der Waals surface area contributed by atoms with Crippen molar-refractivity contribution in [3.05, 3.63) is 82.9 Å². The number of aromatic nitrogens is 2. The van der Waals surface area contributed by atoms with Crippen molar-refractivity contribution in [2.75, 3.05) is 13.1 Å². The van der Waals surface area contributed by atoms with E-state index in [0.29, 0.717) is 17.8 Å². The van der Waals surface area contributed by atoms with Crippen molar-refractivity contribution in [2.45, 2.75) is 45.1 Å². The van der Waals surface area contributed by atoms with Crippen molar-refractivity contribution >= 4 is 33.4 Å². The Balaban J connectivity index is 1.39. The van der Waals surface area contributed by atoms with Gasteiger partial charge in [0.25, 0.3) is 5.91 Å². The highest BCUT2D eigenvalue weighted by Gasteiger charge is 2.25. The van der Waals surface area contributed by atoms with Crippen LogP contribution in [0.3, 0.4) is 0 Å². The van der Waals surface area contributed by atoms with Crippen LogP contribution in [-0.2, 0) is 11.2 Å². The quantitative estimate of drug-likeness (QED) is 0.375. The van der Waals surface area contributed by atoms with E-state index in [9.17, 15) is 9.59 Å². The van der Waals surface area contributed by atoms with Gasteiger partial charge in [-0.25, -0.2) is 4.68 Å². The lowest BCUT2D eigenvalue weighted by molar-refractivity contribution is -0.122. The van der Waals surface area contributed by atoms with Gasteiger partial charge < -0.3 is 10.2 Å². The van der Waals surface area contributed by atoms with E-state index in [0.717, 1.165) is 52.8 Å². The zero-order valence-electron chi connectivity index (χ0n) is 19.9. The van der Waals surface area contributed by atoms with Crippen LogP contribution in [0, 0.1) is 6.92 Å². The van der Waals surface area contributed by atoms with Gasteiger partial charge in [0.1, 0.15) is 4.83 Å². The van der Waals surface area contributed by atoms with E-state index in [1.165, 1.54) is 11.3 Å². The SMILES string of the molecule is Cc1nn(-c2ccccc2)c2sc(C(=O)N(CCc3ccccc3)CC(=O)NC3CCCC3)cc12. The van der Waals surface area contributed by atoms with Crippen LogP contribution in [0.25, 0.3) is 15.9 Å². The summed E-state index contributed by atoms with van der Waals surface area (Å²) in [7, 11) is 0. The van der Waals surface area contributed by atoms with Crippen LogP contribution in [0.4, 0.5) is 0 Å². The van der Waals surface area contributed by atoms with E-state index in [2.05, 4.69) is 22.5 Å². The van der Waals surface area contributed by atoms with Crippen molar-refractivity contribution in [3.8, 4) is 5.69 Å². The van der Waals surface area contributed by atoms with Crippen molar-refractivity contribution in [1.82, 2.24) is 20.0 Å². The summed E-state index contributed by atoms with van der Waals surface area (Å²) in [4.78, 5) is 29.8. The summed E-state index contributed by atoms with van der Waals surface area (Å²) in [5.74, 6) is -0.186. The highest BCUT2D eigenvalue weighted by molar-refractivity contribution is 7.20. The number of amides is 2. The second kappa shape index (κ2) is 10.4. The summed E-state index contributed by atoms with van der Waals surface area (Å²) in [5.41, 5.74) is 2.99. The Hall–Kier alpha value is -3.45. The molecule has 1 saturated carbocycles. The Bertz CT molecular complexity index is 1310. The maximum atomic E-state index is 13.7. The molecule has 0 atom stereocenters. The number of nitrogens with zero attached hydrogens (tertiary/aromatic N) is 3. The van der Waals surface area contributed by atoms with Gasteiger partial charge in [-0.3, -0.25) is 9.59 Å². The third kappa shape index (κ3) is 5.30. The number of carbonyl (C=O) groups excluding carboxylic acids is 2. The van der Waals surface area contributed by atoms with E-state index in [1.54, 1.807) is 4.90 Å². The Morgan fingerprint density at radius 2 is 1.74 bits per heavy atom. The highest BCUT2D eigenvalue weighted by Crippen LogP contribution is 2.31. The molecule has 1 aliphatic rings. The number of para-hydroxylation sites is 1. The van der Waals surface area contributed by atoms with Crippen LogP contribution < -0.4 is 5.32 Å². The number of thiophene rings is 1. The highest BCUT2D eigenvalue weighted by atomic mass is 32.1. The molecule has 0 bridgehead atoms. The van der Waals surface area contributed by atoms with E-state index in [-0.39, 0.29) is 24.4 Å². The van der Waals surface area contributed by atoms with Gasteiger partial charge in [0.15, 0.2) is 0 Å². The summed E-state index contributed by atoms with van der Waals surface area (Å²) in [6, 6.07) is 22.2. The lowest BCUT2D eigenvalue weighted by Crippen LogP contribution is -2.44. The second-order valence-corrected chi connectivity index (χ2v) is 10.2. The lowest BCUT2D eigenvalue weighted by Gasteiger charge is -2.23. The van der Waals surface area contributed by atoms with Gasteiger partial charge in [0.2, 0.25) is 5.91 Å². The Kier molecular flexibility index (Phi) is 6.95. The van der Waals surface area contributed by atoms with Gasteiger partial charge in [-0.1, -0.05) is 61.4 Å². The number of carbonyl (C=O) groups is 2. The summed E-state index contributed by atoms with van der Waals surface area (Å²) >= 11 is 1.44. The zero-order chi connectivity index (χ0) is 24.2. The first-order valence-corrected chi connectivity index (χ1v) is 13.1. The number of aryl methyl sites for hydroxylation is 1. The average molecular weight is 487 g/mol. The van der Waals surface area contributed by atoms with Crippen molar-refractivity contribution in [2.24, 2.45) is 0 Å². The van der Waals surface area contributed by atoms with Gasteiger partial charge >= 0.3 is 0 Å². The fourth-order valence-electron chi connectivity index (χ4n) is 4.73. The number of hydrogen-bond donors (Lipinski definition) is 1. The van der Waals surface area contributed by atoms with Crippen LogP contribution in [0.2, 0.25) is 0 Å². The molecule has 0 spiro atoms. The smallest absolute Gasteiger partial charge is 0.264 e. The largest absolute Gasteiger partial charge is 0.352 e. The van der Waals surface area contributed by atoms with E-state index in [4.69, 9.17) is 0 Å². The summed E-state index contributed by atoms with van der Waals surface area (Å²) in [6.45, 7) is 2.52. The first kappa shape index (κ1) is 23.3. The third-order valence-corrected chi connectivity index (χ3v) is 7.71. The number of nitrogens with one attached hydrogen (secondary N) is 1. The van der Waals surface area contributed by atoms with Crippen LogP contribution in [-0.4, -0.2) is 45.6 Å². The van der Waals surface area contributed by atoms with E-state index < -0.39 is 0 Å².